The van der Waals surface area contributed by atoms with Gasteiger partial charge in [0, 0.05) is 12.8 Å². The van der Waals surface area contributed by atoms with Crippen LogP contribution in [0.5, 0.6) is 0 Å². The maximum atomic E-state index is 9.64. The van der Waals surface area contributed by atoms with Crippen LogP contribution in [0.2, 0.25) is 0 Å². The summed E-state index contributed by atoms with van der Waals surface area (Å²) in [7, 11) is 0. The minimum atomic E-state index is -0.667. The highest BCUT2D eigenvalue weighted by atomic mass is 16.6. The molecule has 0 radical (unpaired) electrons. The number of hydrogen-bond acceptors (Lipinski definition) is 8. The third-order valence-corrected chi connectivity index (χ3v) is 3.93. The Kier molecular flexibility index (Phi) is 15.0. The summed E-state index contributed by atoms with van der Waals surface area (Å²) in [5.41, 5.74) is 1.29. The van der Waals surface area contributed by atoms with E-state index in [2.05, 4.69) is 25.0 Å². The Hall–Kier alpha value is -2.62. The van der Waals surface area contributed by atoms with E-state index in [-0.39, 0.29) is 17.9 Å². The van der Waals surface area contributed by atoms with Crippen molar-refractivity contribution in [3.63, 3.8) is 0 Å². The zero-order chi connectivity index (χ0) is 23.8. The van der Waals surface area contributed by atoms with Crippen LogP contribution in [0.1, 0.15) is 40.5 Å². The first-order valence-corrected chi connectivity index (χ1v) is 9.01. The number of rotatable bonds is 7. The van der Waals surface area contributed by atoms with E-state index in [0.717, 1.165) is 17.6 Å². The van der Waals surface area contributed by atoms with Crippen LogP contribution in [0.4, 0.5) is 0 Å². The second-order valence-electron chi connectivity index (χ2n) is 6.91. The fourth-order valence-corrected chi connectivity index (χ4v) is 2.57. The van der Waals surface area contributed by atoms with E-state index in [9.17, 15) is 10.2 Å². The smallest absolute Gasteiger partial charge is 0.373 e. The lowest BCUT2D eigenvalue weighted by atomic mass is 9.95. The van der Waals surface area contributed by atoms with Crippen LogP contribution in [0.15, 0.2) is 36.5 Å². The summed E-state index contributed by atoms with van der Waals surface area (Å²) in [5, 5.41) is 19.2. The summed E-state index contributed by atoms with van der Waals surface area (Å²) in [6, 6.07) is 0. The minimum absolute atomic E-state index is 0.250. The van der Waals surface area contributed by atoms with E-state index in [4.69, 9.17) is 28.7 Å². The van der Waals surface area contributed by atoms with Crippen LogP contribution >= 0.6 is 0 Å². The third-order valence-electron chi connectivity index (χ3n) is 3.93. The largest absolute Gasteiger partial charge is 0.386 e. The standard InChI is InChI=1S/C10H16O2.C10H14O2.2CO2/c2*1-4-5-9(11)10(7-12-10)6-8(2)3;2*2-1-3/h4-5,9,11H,2,6-7H2,1,3H3;9,11H,2,6-7H2,1,3H3;;/b5-4+;;;/t2*9-,10-;;/m11../s1. The van der Waals surface area contributed by atoms with Crippen LogP contribution in [0.3, 0.4) is 0 Å². The monoisotopic (exact) mass is 422 g/mol. The van der Waals surface area contributed by atoms with Crippen molar-refractivity contribution in [2.45, 2.75) is 63.9 Å². The van der Waals surface area contributed by atoms with Crippen molar-refractivity contribution in [1.29, 1.82) is 0 Å². The van der Waals surface area contributed by atoms with E-state index < -0.39 is 17.8 Å². The molecular weight excluding hydrogens is 392 g/mol. The van der Waals surface area contributed by atoms with Gasteiger partial charge in [-0.2, -0.15) is 19.2 Å². The van der Waals surface area contributed by atoms with Gasteiger partial charge in [-0.15, -0.1) is 19.1 Å². The zero-order valence-electron chi connectivity index (χ0n) is 17.9. The summed E-state index contributed by atoms with van der Waals surface area (Å²) < 4.78 is 10.5. The van der Waals surface area contributed by atoms with Crippen LogP contribution in [0, 0.1) is 11.8 Å². The number of aliphatic hydroxyl groups excluding tert-OH is 2. The first kappa shape index (κ1) is 29.6. The quantitative estimate of drug-likeness (QED) is 0.359. The predicted molar refractivity (Wildman–Crippen MR) is 107 cm³/mol. The Bertz CT molecular complexity index is 693. The zero-order valence-corrected chi connectivity index (χ0v) is 17.9. The van der Waals surface area contributed by atoms with E-state index in [0.29, 0.717) is 19.6 Å². The summed E-state index contributed by atoms with van der Waals surface area (Å²) in [6.45, 7) is 16.3. The number of aliphatic hydroxyl groups is 2. The molecule has 0 bridgehead atoms. The fraction of sp³-hybridized carbons (Fsp3) is 0.545. The van der Waals surface area contributed by atoms with Gasteiger partial charge in [0.15, 0.2) is 0 Å². The Labute approximate surface area is 177 Å². The van der Waals surface area contributed by atoms with Gasteiger partial charge in [0.2, 0.25) is 0 Å². The molecule has 2 aliphatic rings. The molecule has 2 saturated heterocycles. The van der Waals surface area contributed by atoms with Gasteiger partial charge in [0.05, 0.1) is 13.2 Å². The van der Waals surface area contributed by atoms with Gasteiger partial charge in [-0.3, -0.25) is 0 Å². The van der Waals surface area contributed by atoms with E-state index in [1.54, 1.807) is 13.0 Å². The first-order chi connectivity index (χ1) is 14.0. The Morgan fingerprint density at radius 3 is 1.63 bits per heavy atom. The molecule has 0 saturated carbocycles. The molecule has 0 aromatic heterocycles. The third kappa shape index (κ3) is 12.1. The molecule has 0 aliphatic carbocycles. The summed E-state index contributed by atoms with van der Waals surface area (Å²) in [5.74, 6) is 5.37. The van der Waals surface area contributed by atoms with Crippen LogP contribution in [-0.2, 0) is 28.7 Å². The number of carbonyl (C=O) groups excluding carboxylic acids is 4. The second kappa shape index (κ2) is 15.3. The first-order valence-electron chi connectivity index (χ1n) is 9.01. The van der Waals surface area contributed by atoms with Crippen LogP contribution in [-0.4, -0.2) is 59.1 Å². The number of allylic oxidation sites excluding steroid dienone is 1. The molecule has 4 atom stereocenters. The molecule has 30 heavy (non-hydrogen) atoms. The molecule has 8 nitrogen and oxygen atoms in total. The molecule has 166 valence electrons. The number of ether oxygens (including phenoxy) is 2. The molecule has 2 heterocycles. The van der Waals surface area contributed by atoms with Crippen molar-refractivity contribution in [2.75, 3.05) is 13.2 Å². The molecule has 0 aromatic rings. The SMILES string of the molecule is C=C(C)C[C@]1([C@H](O)/C=C/C)CO1.C=C(C)C[C@]1([C@H](O)C#CC)CO1.O=C=O.O=C=O. The normalized spacial score (nSPS) is 24.2. The van der Waals surface area contributed by atoms with Gasteiger partial charge in [0.1, 0.15) is 23.4 Å². The van der Waals surface area contributed by atoms with Crippen molar-refractivity contribution >= 4 is 12.3 Å². The van der Waals surface area contributed by atoms with E-state index in [1.807, 2.05) is 26.8 Å². The van der Waals surface area contributed by atoms with Gasteiger partial charge in [-0.05, 0) is 27.7 Å². The fourth-order valence-electron chi connectivity index (χ4n) is 2.57. The highest BCUT2D eigenvalue weighted by Crippen LogP contribution is 2.37. The van der Waals surface area contributed by atoms with Crippen LogP contribution in [0.25, 0.3) is 0 Å². The minimum Gasteiger partial charge on any atom is -0.386 e. The van der Waals surface area contributed by atoms with Gasteiger partial charge >= 0.3 is 12.3 Å². The van der Waals surface area contributed by atoms with Gasteiger partial charge in [-0.25, -0.2) is 0 Å². The van der Waals surface area contributed by atoms with E-state index >= 15 is 0 Å². The average Bonchev–Trinajstić information content (AvgIpc) is 3.54. The second-order valence-corrected chi connectivity index (χ2v) is 6.91. The number of hydrogen-bond donors (Lipinski definition) is 2. The van der Waals surface area contributed by atoms with Crippen molar-refractivity contribution < 1.29 is 38.9 Å². The molecule has 8 heteroatoms. The molecule has 2 aliphatic heterocycles. The van der Waals surface area contributed by atoms with Gasteiger partial charge in [-0.1, -0.05) is 29.2 Å². The van der Waals surface area contributed by atoms with Crippen molar-refractivity contribution in [3.8, 4) is 11.8 Å². The summed E-state index contributed by atoms with van der Waals surface area (Å²) >= 11 is 0. The highest BCUT2D eigenvalue weighted by molar-refractivity contribution is 5.20. The lowest BCUT2D eigenvalue weighted by Crippen LogP contribution is -2.28. The van der Waals surface area contributed by atoms with Crippen molar-refractivity contribution in [2.24, 2.45) is 0 Å². The highest BCUT2D eigenvalue weighted by Gasteiger charge is 2.50. The molecule has 2 rings (SSSR count). The summed E-state index contributed by atoms with van der Waals surface area (Å²) in [6.07, 6.45) is 4.39. The lowest BCUT2D eigenvalue weighted by Gasteiger charge is -2.15. The van der Waals surface area contributed by atoms with Gasteiger partial charge in [0.25, 0.3) is 0 Å². The molecular formula is C22H30O8. The maximum absolute atomic E-state index is 9.64. The Morgan fingerprint density at radius 2 is 1.37 bits per heavy atom. The van der Waals surface area contributed by atoms with Crippen molar-refractivity contribution in [1.82, 2.24) is 0 Å². The molecule has 0 unspecified atom stereocenters. The molecule has 0 spiro atoms. The summed E-state index contributed by atoms with van der Waals surface area (Å²) in [4.78, 5) is 32.5. The topological polar surface area (TPSA) is 134 Å². The lowest BCUT2D eigenvalue weighted by molar-refractivity contribution is -0.193. The molecule has 2 fully saturated rings. The maximum Gasteiger partial charge on any atom is 0.373 e. The number of epoxide rings is 2. The Balaban J connectivity index is 0. The van der Waals surface area contributed by atoms with Gasteiger partial charge < -0.3 is 19.7 Å². The van der Waals surface area contributed by atoms with E-state index in [1.165, 1.54) is 0 Å². The predicted octanol–water partition coefficient (Wildman–Crippen LogP) is 1.60. The van der Waals surface area contributed by atoms with Crippen molar-refractivity contribution in [3.05, 3.63) is 36.5 Å². The molecule has 2 N–H and O–H groups in total. The Morgan fingerprint density at radius 1 is 1.00 bits per heavy atom. The molecule has 0 amide bonds. The average molecular weight is 422 g/mol. The molecule has 0 aromatic carbocycles. The van der Waals surface area contributed by atoms with Crippen LogP contribution < -0.4 is 0 Å².